The van der Waals surface area contributed by atoms with Crippen LogP contribution in [0, 0.1) is 0 Å². The predicted octanol–water partition coefficient (Wildman–Crippen LogP) is 3.86. The average Bonchev–Trinajstić information content (AvgIpc) is 3.17. The highest BCUT2D eigenvalue weighted by molar-refractivity contribution is 5.85. The minimum atomic E-state index is -4.53. The Kier molecular flexibility index (Phi) is 4.96. The highest BCUT2D eigenvalue weighted by atomic mass is 19.4. The van der Waals surface area contributed by atoms with Crippen LogP contribution in [-0.2, 0) is 7.05 Å². The summed E-state index contributed by atoms with van der Waals surface area (Å²) in [6.07, 6.45) is -2.70. The number of nitrogen functional groups attached to an aromatic ring is 1. The highest BCUT2D eigenvalue weighted by Crippen LogP contribution is 2.25. The molecule has 0 unspecified atom stereocenters. The minimum absolute atomic E-state index is 0.0562. The molecule has 172 valence electrons. The van der Waals surface area contributed by atoms with Crippen molar-refractivity contribution in [3.63, 3.8) is 0 Å². The number of aryl methyl sites for hydroxylation is 1. The maximum absolute atomic E-state index is 13.6. The molecule has 0 radical (unpaired) electrons. The van der Waals surface area contributed by atoms with Gasteiger partial charge in [0.1, 0.15) is 11.2 Å². The fourth-order valence-corrected chi connectivity index (χ4v) is 3.63. The van der Waals surface area contributed by atoms with Crippen LogP contribution in [0.15, 0.2) is 65.6 Å². The lowest BCUT2D eigenvalue weighted by Gasteiger charge is -2.14. The van der Waals surface area contributed by atoms with Crippen LogP contribution in [0.25, 0.3) is 39.0 Å². The zero-order valence-electron chi connectivity index (χ0n) is 17.7. The molecule has 0 atom stereocenters. The lowest BCUT2D eigenvalue weighted by Crippen LogP contribution is -2.24. The van der Waals surface area contributed by atoms with E-state index in [9.17, 15) is 18.0 Å². The van der Waals surface area contributed by atoms with Gasteiger partial charge in [0.05, 0.1) is 11.2 Å². The molecule has 0 fully saturated rings. The van der Waals surface area contributed by atoms with E-state index < -0.39 is 18.3 Å². The van der Waals surface area contributed by atoms with E-state index in [-0.39, 0.29) is 17.2 Å². The first-order valence-corrected chi connectivity index (χ1v) is 10.1. The van der Waals surface area contributed by atoms with E-state index in [1.165, 1.54) is 16.7 Å². The Morgan fingerprint density at radius 3 is 2.47 bits per heavy atom. The SMILES string of the molecule is Cn1cc2cc(-c3nc4ccc(OCC(F)(F)F)nc4n(-c4ccc(N)cc4)c3=O)ccc2n1. The largest absolute Gasteiger partial charge is 0.468 e. The molecule has 0 saturated heterocycles. The number of halogens is 3. The quantitative estimate of drug-likeness (QED) is 0.404. The normalized spacial score (nSPS) is 11.9. The van der Waals surface area contributed by atoms with Gasteiger partial charge in [-0.15, -0.1) is 0 Å². The summed E-state index contributed by atoms with van der Waals surface area (Å²) in [6, 6.07) is 14.5. The monoisotopic (exact) mass is 466 g/mol. The van der Waals surface area contributed by atoms with Crippen LogP contribution in [0.4, 0.5) is 18.9 Å². The van der Waals surface area contributed by atoms with E-state index in [1.807, 2.05) is 6.20 Å². The summed E-state index contributed by atoms with van der Waals surface area (Å²) in [4.78, 5) is 22.3. The van der Waals surface area contributed by atoms with Crippen LogP contribution in [0.1, 0.15) is 0 Å². The van der Waals surface area contributed by atoms with Gasteiger partial charge in [0.2, 0.25) is 5.88 Å². The van der Waals surface area contributed by atoms with E-state index in [0.29, 0.717) is 22.5 Å². The molecule has 0 amide bonds. The first-order chi connectivity index (χ1) is 16.2. The first-order valence-electron chi connectivity index (χ1n) is 10.1. The van der Waals surface area contributed by atoms with Gasteiger partial charge >= 0.3 is 6.18 Å². The lowest BCUT2D eigenvalue weighted by atomic mass is 10.1. The predicted molar refractivity (Wildman–Crippen MR) is 121 cm³/mol. The lowest BCUT2D eigenvalue weighted by molar-refractivity contribution is -0.154. The number of hydrogen-bond acceptors (Lipinski definition) is 6. The Balaban J connectivity index is 1.73. The van der Waals surface area contributed by atoms with Gasteiger partial charge in [-0.3, -0.25) is 14.0 Å². The van der Waals surface area contributed by atoms with Crippen molar-refractivity contribution >= 4 is 27.8 Å². The van der Waals surface area contributed by atoms with E-state index in [1.54, 1.807) is 54.2 Å². The van der Waals surface area contributed by atoms with Gasteiger partial charge in [0, 0.05) is 35.9 Å². The second-order valence-electron chi connectivity index (χ2n) is 7.66. The van der Waals surface area contributed by atoms with Gasteiger partial charge in [-0.2, -0.15) is 23.3 Å². The number of ether oxygens (including phenoxy) is 1. The topological polar surface area (TPSA) is 101 Å². The standard InChI is InChI=1S/C23H17F3N6O2/c1-31-11-14-10-13(2-7-17(14)30-31)20-22(33)32(16-5-3-15(27)4-6-16)21-18(28-20)8-9-19(29-21)34-12-23(24,25)26/h2-11H,12,27H2,1H3. The Morgan fingerprint density at radius 1 is 1.00 bits per heavy atom. The number of rotatable bonds is 4. The number of nitrogens with two attached hydrogens (primary N) is 1. The highest BCUT2D eigenvalue weighted by Gasteiger charge is 2.29. The molecule has 5 rings (SSSR count). The number of pyridine rings is 1. The van der Waals surface area contributed by atoms with Gasteiger partial charge in [-0.05, 0) is 42.5 Å². The number of benzene rings is 2. The second-order valence-corrected chi connectivity index (χ2v) is 7.66. The molecule has 0 aliphatic carbocycles. The fraction of sp³-hybridized carbons (Fsp3) is 0.130. The fourth-order valence-electron chi connectivity index (χ4n) is 3.63. The molecule has 0 spiro atoms. The van der Waals surface area contributed by atoms with Gasteiger partial charge in [0.25, 0.3) is 5.56 Å². The van der Waals surface area contributed by atoms with Crippen molar-refractivity contribution in [3.8, 4) is 22.8 Å². The number of anilines is 1. The maximum Gasteiger partial charge on any atom is 0.422 e. The van der Waals surface area contributed by atoms with E-state index >= 15 is 0 Å². The molecule has 0 bridgehead atoms. The van der Waals surface area contributed by atoms with Gasteiger partial charge in [-0.1, -0.05) is 6.07 Å². The molecule has 3 aromatic heterocycles. The molecule has 2 aromatic carbocycles. The third-order valence-corrected chi connectivity index (χ3v) is 5.11. The third kappa shape index (κ3) is 4.03. The van der Waals surface area contributed by atoms with Crippen molar-refractivity contribution < 1.29 is 17.9 Å². The number of fused-ring (bicyclic) bond motifs is 2. The van der Waals surface area contributed by atoms with E-state index in [0.717, 1.165) is 10.9 Å². The molecule has 2 N–H and O–H groups in total. The molecular weight excluding hydrogens is 449 g/mol. The zero-order chi connectivity index (χ0) is 24.0. The third-order valence-electron chi connectivity index (χ3n) is 5.11. The number of aromatic nitrogens is 5. The molecule has 3 heterocycles. The summed E-state index contributed by atoms with van der Waals surface area (Å²) in [5.41, 5.74) is 8.04. The van der Waals surface area contributed by atoms with Gasteiger partial charge < -0.3 is 10.5 Å². The van der Waals surface area contributed by atoms with Crippen LogP contribution in [0.2, 0.25) is 0 Å². The van der Waals surface area contributed by atoms with E-state index in [4.69, 9.17) is 10.5 Å². The zero-order valence-corrected chi connectivity index (χ0v) is 17.7. The molecule has 5 aromatic rings. The summed E-state index contributed by atoms with van der Waals surface area (Å²) in [5, 5.41) is 5.16. The molecular formula is C23H17F3N6O2. The van der Waals surface area contributed by atoms with Crippen molar-refractivity contribution in [1.82, 2.24) is 24.3 Å². The molecule has 34 heavy (non-hydrogen) atoms. The van der Waals surface area contributed by atoms with Crippen LogP contribution in [-0.4, -0.2) is 37.1 Å². The number of nitrogens with zero attached hydrogens (tertiary/aromatic N) is 5. The summed E-state index contributed by atoms with van der Waals surface area (Å²) < 4.78 is 45.6. The summed E-state index contributed by atoms with van der Waals surface area (Å²) in [5.74, 6) is -0.278. The summed E-state index contributed by atoms with van der Waals surface area (Å²) in [7, 11) is 1.80. The molecule has 0 aliphatic rings. The number of hydrogen-bond donors (Lipinski definition) is 1. The Hall–Kier alpha value is -4.41. The second kappa shape index (κ2) is 7.87. The smallest absolute Gasteiger partial charge is 0.422 e. The van der Waals surface area contributed by atoms with Gasteiger partial charge in [0.15, 0.2) is 12.3 Å². The number of alkyl halides is 3. The molecule has 8 nitrogen and oxygen atoms in total. The Labute approximate surface area is 190 Å². The molecule has 11 heteroatoms. The Morgan fingerprint density at radius 2 is 1.74 bits per heavy atom. The minimum Gasteiger partial charge on any atom is -0.468 e. The Bertz CT molecular complexity index is 1590. The van der Waals surface area contributed by atoms with Crippen molar-refractivity contribution in [2.45, 2.75) is 6.18 Å². The van der Waals surface area contributed by atoms with E-state index in [2.05, 4.69) is 15.1 Å². The van der Waals surface area contributed by atoms with Crippen molar-refractivity contribution in [3.05, 3.63) is 71.1 Å². The van der Waals surface area contributed by atoms with Crippen LogP contribution in [0.3, 0.4) is 0 Å². The van der Waals surface area contributed by atoms with Crippen LogP contribution < -0.4 is 16.0 Å². The van der Waals surface area contributed by atoms with Crippen LogP contribution in [0.5, 0.6) is 5.88 Å². The summed E-state index contributed by atoms with van der Waals surface area (Å²) >= 11 is 0. The van der Waals surface area contributed by atoms with Crippen LogP contribution >= 0.6 is 0 Å². The maximum atomic E-state index is 13.6. The summed E-state index contributed by atoms with van der Waals surface area (Å²) in [6.45, 7) is -1.51. The molecule has 0 aliphatic heterocycles. The first kappa shape index (κ1) is 21.4. The van der Waals surface area contributed by atoms with Gasteiger partial charge in [-0.25, -0.2) is 4.98 Å². The molecule has 0 saturated carbocycles. The van der Waals surface area contributed by atoms with Crippen molar-refractivity contribution in [1.29, 1.82) is 0 Å². The average molecular weight is 466 g/mol. The van der Waals surface area contributed by atoms with Crippen molar-refractivity contribution in [2.24, 2.45) is 7.05 Å². The van der Waals surface area contributed by atoms with Crippen molar-refractivity contribution in [2.75, 3.05) is 12.3 Å².